The van der Waals surface area contributed by atoms with Crippen LogP contribution in [-0.2, 0) is 6.54 Å². The van der Waals surface area contributed by atoms with Gasteiger partial charge in [0.2, 0.25) is 0 Å². The summed E-state index contributed by atoms with van der Waals surface area (Å²) in [7, 11) is 0. The van der Waals surface area contributed by atoms with E-state index in [1.54, 1.807) is 23.5 Å². The van der Waals surface area contributed by atoms with Crippen LogP contribution in [0, 0.1) is 10.1 Å². The Bertz CT molecular complexity index is 1150. The standard InChI is InChI=1S/C22H17N3O2S/c26-25(27)20-13-11-18(12-14-20)21-16-24(15-17-7-3-1-4-8-17)22(28-21)23-19-9-5-2-6-10-19/h1-14,16H,15H2. The van der Waals surface area contributed by atoms with Crippen LogP contribution in [0.25, 0.3) is 10.4 Å². The number of thiazole rings is 1. The number of rotatable bonds is 5. The molecule has 4 aromatic rings. The summed E-state index contributed by atoms with van der Waals surface area (Å²) < 4.78 is 2.11. The monoisotopic (exact) mass is 387 g/mol. The van der Waals surface area contributed by atoms with Crippen molar-refractivity contribution in [2.75, 3.05) is 0 Å². The van der Waals surface area contributed by atoms with Gasteiger partial charge in [-0.2, -0.15) is 0 Å². The van der Waals surface area contributed by atoms with Gasteiger partial charge in [-0.3, -0.25) is 10.1 Å². The zero-order valence-electron chi connectivity index (χ0n) is 14.9. The van der Waals surface area contributed by atoms with E-state index in [1.807, 2.05) is 48.5 Å². The van der Waals surface area contributed by atoms with E-state index in [1.165, 1.54) is 17.7 Å². The minimum atomic E-state index is -0.385. The predicted octanol–water partition coefficient (Wildman–Crippen LogP) is 5.41. The summed E-state index contributed by atoms with van der Waals surface area (Å²) >= 11 is 1.57. The third kappa shape index (κ3) is 4.07. The summed E-state index contributed by atoms with van der Waals surface area (Å²) in [6.45, 7) is 0.704. The molecule has 0 N–H and O–H groups in total. The fraction of sp³-hybridized carbons (Fsp3) is 0.0455. The Morgan fingerprint density at radius 2 is 1.54 bits per heavy atom. The van der Waals surface area contributed by atoms with Crippen molar-refractivity contribution in [3.8, 4) is 10.4 Å². The summed E-state index contributed by atoms with van der Waals surface area (Å²) in [5.41, 5.74) is 3.10. The lowest BCUT2D eigenvalue weighted by Gasteiger charge is -2.03. The van der Waals surface area contributed by atoms with E-state index in [-0.39, 0.29) is 10.6 Å². The highest BCUT2D eigenvalue weighted by Gasteiger charge is 2.09. The van der Waals surface area contributed by atoms with Crippen LogP contribution in [0.2, 0.25) is 0 Å². The van der Waals surface area contributed by atoms with Crippen LogP contribution in [0.15, 0.2) is 96.1 Å². The summed E-state index contributed by atoms with van der Waals surface area (Å²) in [6, 6.07) is 26.7. The third-order valence-corrected chi connectivity index (χ3v) is 5.33. The van der Waals surface area contributed by atoms with Gasteiger partial charge in [0, 0.05) is 24.9 Å². The van der Waals surface area contributed by atoms with E-state index >= 15 is 0 Å². The first-order chi connectivity index (χ1) is 13.7. The Balaban J connectivity index is 1.77. The lowest BCUT2D eigenvalue weighted by molar-refractivity contribution is -0.384. The normalized spacial score (nSPS) is 11.5. The number of benzene rings is 3. The maximum Gasteiger partial charge on any atom is 0.269 e. The number of para-hydroxylation sites is 1. The summed E-state index contributed by atoms with van der Waals surface area (Å²) in [4.78, 5) is 17.2. The van der Waals surface area contributed by atoms with Gasteiger partial charge in [-0.15, -0.1) is 0 Å². The maximum atomic E-state index is 10.9. The van der Waals surface area contributed by atoms with Gasteiger partial charge in [0.15, 0.2) is 4.80 Å². The van der Waals surface area contributed by atoms with Gasteiger partial charge < -0.3 is 4.57 Å². The van der Waals surface area contributed by atoms with Crippen molar-refractivity contribution in [2.24, 2.45) is 4.99 Å². The van der Waals surface area contributed by atoms with Crippen molar-refractivity contribution in [1.29, 1.82) is 0 Å². The van der Waals surface area contributed by atoms with Crippen molar-refractivity contribution in [3.05, 3.63) is 112 Å². The number of nitro benzene ring substituents is 1. The zero-order valence-corrected chi connectivity index (χ0v) is 15.8. The fourth-order valence-electron chi connectivity index (χ4n) is 2.85. The summed E-state index contributed by atoms with van der Waals surface area (Å²) in [6.07, 6.45) is 2.06. The molecule has 28 heavy (non-hydrogen) atoms. The average Bonchev–Trinajstić information content (AvgIpc) is 3.12. The van der Waals surface area contributed by atoms with Crippen LogP contribution in [0.4, 0.5) is 11.4 Å². The molecule has 0 atom stereocenters. The smallest absolute Gasteiger partial charge is 0.269 e. The summed E-state index contributed by atoms with van der Waals surface area (Å²) in [5, 5.41) is 10.9. The number of hydrogen-bond donors (Lipinski definition) is 0. The molecular formula is C22H17N3O2S. The van der Waals surface area contributed by atoms with Gasteiger partial charge in [-0.25, -0.2) is 4.99 Å². The number of hydrogen-bond acceptors (Lipinski definition) is 4. The Morgan fingerprint density at radius 1 is 0.893 bits per heavy atom. The minimum absolute atomic E-state index is 0.0895. The van der Waals surface area contributed by atoms with Gasteiger partial charge in [0.05, 0.1) is 15.5 Å². The molecule has 0 unspecified atom stereocenters. The SMILES string of the molecule is O=[N+]([O-])c1ccc(-c2cn(Cc3ccccc3)c(=Nc3ccccc3)s2)cc1. The first-order valence-electron chi connectivity index (χ1n) is 8.78. The van der Waals surface area contributed by atoms with Crippen molar-refractivity contribution in [3.63, 3.8) is 0 Å². The van der Waals surface area contributed by atoms with E-state index in [4.69, 9.17) is 4.99 Å². The Hall–Kier alpha value is -3.51. The van der Waals surface area contributed by atoms with Gasteiger partial charge in [0.1, 0.15) is 0 Å². The lowest BCUT2D eigenvalue weighted by Crippen LogP contribution is -2.14. The van der Waals surface area contributed by atoms with Crippen molar-refractivity contribution < 1.29 is 4.92 Å². The molecule has 0 amide bonds. The minimum Gasteiger partial charge on any atom is -0.319 e. The number of non-ortho nitro benzene ring substituents is 1. The Kier molecular flexibility index (Phi) is 5.12. The number of nitrogens with zero attached hydrogens (tertiary/aromatic N) is 3. The first-order valence-corrected chi connectivity index (χ1v) is 9.59. The molecule has 4 rings (SSSR count). The highest BCUT2D eigenvalue weighted by atomic mass is 32.1. The van der Waals surface area contributed by atoms with E-state index in [0.717, 1.165) is 20.9 Å². The molecule has 5 nitrogen and oxygen atoms in total. The zero-order chi connectivity index (χ0) is 19.3. The number of nitro groups is 1. The van der Waals surface area contributed by atoms with Crippen LogP contribution in [0.3, 0.4) is 0 Å². The second kappa shape index (κ2) is 8.02. The summed E-state index contributed by atoms with van der Waals surface area (Å²) in [5.74, 6) is 0. The Labute approximate surface area is 166 Å². The van der Waals surface area contributed by atoms with Gasteiger partial charge >= 0.3 is 0 Å². The van der Waals surface area contributed by atoms with Crippen LogP contribution in [0.5, 0.6) is 0 Å². The molecule has 1 heterocycles. The fourth-order valence-corrected chi connectivity index (χ4v) is 3.87. The topological polar surface area (TPSA) is 60.4 Å². The lowest BCUT2D eigenvalue weighted by atomic mass is 10.2. The molecule has 1 aromatic heterocycles. The molecule has 0 aliphatic rings. The quantitative estimate of drug-likeness (QED) is 0.340. The first kappa shape index (κ1) is 17.9. The van der Waals surface area contributed by atoms with Gasteiger partial charge in [-0.1, -0.05) is 59.9 Å². The predicted molar refractivity (Wildman–Crippen MR) is 112 cm³/mol. The molecule has 0 spiro atoms. The van der Waals surface area contributed by atoms with E-state index in [2.05, 4.69) is 22.9 Å². The molecule has 6 heteroatoms. The second-order valence-corrected chi connectivity index (χ2v) is 7.25. The molecular weight excluding hydrogens is 370 g/mol. The molecule has 0 saturated carbocycles. The molecule has 0 bridgehead atoms. The van der Waals surface area contributed by atoms with Gasteiger partial charge in [-0.05, 0) is 35.4 Å². The largest absolute Gasteiger partial charge is 0.319 e. The van der Waals surface area contributed by atoms with Crippen molar-refractivity contribution >= 4 is 22.7 Å². The Morgan fingerprint density at radius 3 is 2.18 bits per heavy atom. The molecule has 0 aliphatic carbocycles. The van der Waals surface area contributed by atoms with Crippen LogP contribution in [-0.4, -0.2) is 9.49 Å². The molecule has 0 fully saturated rings. The molecule has 0 saturated heterocycles. The molecule has 138 valence electrons. The molecule has 0 radical (unpaired) electrons. The molecule has 0 aliphatic heterocycles. The van der Waals surface area contributed by atoms with Crippen LogP contribution < -0.4 is 4.80 Å². The maximum absolute atomic E-state index is 10.9. The van der Waals surface area contributed by atoms with E-state index in [0.29, 0.717) is 6.54 Å². The van der Waals surface area contributed by atoms with Gasteiger partial charge in [0.25, 0.3) is 5.69 Å². The van der Waals surface area contributed by atoms with E-state index in [9.17, 15) is 10.1 Å². The van der Waals surface area contributed by atoms with Crippen molar-refractivity contribution in [2.45, 2.75) is 6.54 Å². The number of aromatic nitrogens is 1. The van der Waals surface area contributed by atoms with Crippen LogP contribution in [0.1, 0.15) is 5.56 Å². The second-order valence-electron chi connectivity index (χ2n) is 6.24. The van der Waals surface area contributed by atoms with Crippen molar-refractivity contribution in [1.82, 2.24) is 4.57 Å². The highest BCUT2D eigenvalue weighted by molar-refractivity contribution is 7.12. The molecule has 3 aromatic carbocycles. The average molecular weight is 387 g/mol. The highest BCUT2D eigenvalue weighted by Crippen LogP contribution is 2.25. The third-order valence-electron chi connectivity index (χ3n) is 4.26. The van der Waals surface area contributed by atoms with E-state index < -0.39 is 0 Å². The van der Waals surface area contributed by atoms with Crippen LogP contribution >= 0.6 is 11.3 Å².